The van der Waals surface area contributed by atoms with E-state index in [9.17, 15) is 4.79 Å². The van der Waals surface area contributed by atoms with Gasteiger partial charge < -0.3 is 10.1 Å². The Kier molecular flexibility index (Phi) is 4.57. The Morgan fingerprint density at radius 3 is 2.86 bits per heavy atom. The lowest BCUT2D eigenvalue weighted by molar-refractivity contribution is 0.0898. The van der Waals surface area contributed by atoms with Crippen LogP contribution in [0.1, 0.15) is 41.3 Å². The number of nitrogens with zero attached hydrogens (tertiary/aromatic N) is 2. The van der Waals surface area contributed by atoms with Crippen LogP contribution < -0.4 is 10.1 Å². The van der Waals surface area contributed by atoms with E-state index >= 15 is 0 Å². The lowest BCUT2D eigenvalue weighted by atomic mass is 9.99. The normalized spacial score (nSPS) is 13.5. The van der Waals surface area contributed by atoms with E-state index in [0.717, 1.165) is 17.1 Å². The van der Waals surface area contributed by atoms with E-state index in [4.69, 9.17) is 4.74 Å². The molecule has 2 rings (SSSR count). The van der Waals surface area contributed by atoms with Gasteiger partial charge in [0.15, 0.2) is 0 Å². The highest BCUT2D eigenvalue weighted by atomic mass is 32.1. The number of thiazole rings is 1. The highest BCUT2D eigenvalue weighted by molar-refractivity contribution is 7.09. The van der Waals surface area contributed by atoms with E-state index in [0.29, 0.717) is 11.4 Å². The lowest BCUT2D eigenvalue weighted by Crippen LogP contribution is -2.43. The maximum Gasteiger partial charge on any atom is 0.257 e. The van der Waals surface area contributed by atoms with Crippen LogP contribution in [0.15, 0.2) is 23.7 Å². The molecular weight excluding hydrogens is 286 g/mol. The molecule has 0 fully saturated rings. The number of aromatic nitrogens is 2. The molecule has 1 atom stereocenters. The fourth-order valence-corrected chi connectivity index (χ4v) is 2.93. The summed E-state index contributed by atoms with van der Waals surface area (Å²) in [4.78, 5) is 21.1. The molecule has 112 valence electrons. The van der Waals surface area contributed by atoms with Crippen LogP contribution in [0.2, 0.25) is 0 Å². The van der Waals surface area contributed by atoms with Gasteiger partial charge in [-0.15, -0.1) is 11.3 Å². The number of methoxy groups -OCH3 is 1. The Morgan fingerprint density at radius 1 is 1.52 bits per heavy atom. The Morgan fingerprint density at radius 2 is 2.29 bits per heavy atom. The van der Waals surface area contributed by atoms with Crippen molar-refractivity contribution in [2.24, 2.45) is 0 Å². The van der Waals surface area contributed by atoms with Gasteiger partial charge in [-0.25, -0.2) is 9.97 Å². The summed E-state index contributed by atoms with van der Waals surface area (Å²) in [6.45, 7) is 5.95. The van der Waals surface area contributed by atoms with Crippen molar-refractivity contribution >= 4 is 17.2 Å². The van der Waals surface area contributed by atoms with Crippen molar-refractivity contribution in [2.45, 2.75) is 32.7 Å². The summed E-state index contributed by atoms with van der Waals surface area (Å²) in [7, 11) is 1.50. The first-order valence-electron chi connectivity index (χ1n) is 6.74. The predicted octanol–water partition coefficient (Wildman–Crippen LogP) is 2.91. The van der Waals surface area contributed by atoms with Gasteiger partial charge >= 0.3 is 0 Å². The number of carbonyl (C=O) groups excluding carboxylic acids is 1. The molecule has 1 amide bonds. The van der Waals surface area contributed by atoms with Crippen molar-refractivity contribution < 1.29 is 9.53 Å². The summed E-state index contributed by atoms with van der Waals surface area (Å²) < 4.78 is 5.14. The van der Waals surface area contributed by atoms with E-state index in [1.54, 1.807) is 29.7 Å². The molecular formula is C15H19N3O2S. The van der Waals surface area contributed by atoms with Gasteiger partial charge in [0.2, 0.25) is 5.88 Å². The van der Waals surface area contributed by atoms with Crippen molar-refractivity contribution in [3.63, 3.8) is 0 Å². The van der Waals surface area contributed by atoms with Gasteiger partial charge in [0, 0.05) is 17.3 Å². The summed E-state index contributed by atoms with van der Waals surface area (Å²) in [5, 5.41) is 5.94. The van der Waals surface area contributed by atoms with Crippen LogP contribution in [0.3, 0.4) is 0 Å². The van der Waals surface area contributed by atoms with Crippen molar-refractivity contribution in [3.05, 3.63) is 40.0 Å². The fraction of sp³-hybridized carbons (Fsp3) is 0.400. The minimum atomic E-state index is -0.503. The molecule has 0 radical (unpaired) electrons. The minimum Gasteiger partial charge on any atom is -0.480 e. The topological polar surface area (TPSA) is 64.1 Å². The van der Waals surface area contributed by atoms with Crippen LogP contribution >= 0.6 is 11.3 Å². The van der Waals surface area contributed by atoms with Crippen molar-refractivity contribution in [1.29, 1.82) is 0 Å². The second kappa shape index (κ2) is 6.22. The average molecular weight is 305 g/mol. The van der Waals surface area contributed by atoms with E-state index in [1.165, 1.54) is 7.11 Å². The van der Waals surface area contributed by atoms with E-state index < -0.39 is 5.54 Å². The first-order valence-corrected chi connectivity index (χ1v) is 7.62. The Hall–Kier alpha value is -1.95. The molecule has 0 aliphatic carbocycles. The Balaban J connectivity index is 2.28. The molecule has 6 heteroatoms. The van der Waals surface area contributed by atoms with Crippen LogP contribution in [0.5, 0.6) is 5.88 Å². The highest BCUT2D eigenvalue weighted by Gasteiger charge is 2.31. The number of nitrogens with one attached hydrogen (secondary N) is 1. The van der Waals surface area contributed by atoms with Gasteiger partial charge in [0.1, 0.15) is 10.6 Å². The predicted molar refractivity (Wildman–Crippen MR) is 82.7 cm³/mol. The number of pyridine rings is 1. The smallest absolute Gasteiger partial charge is 0.257 e. The zero-order valence-corrected chi connectivity index (χ0v) is 13.5. The third kappa shape index (κ3) is 3.21. The molecule has 0 aliphatic rings. The van der Waals surface area contributed by atoms with Crippen LogP contribution in [0.25, 0.3) is 0 Å². The number of hydrogen-bond donors (Lipinski definition) is 1. The van der Waals surface area contributed by atoms with Crippen molar-refractivity contribution in [1.82, 2.24) is 15.3 Å². The highest BCUT2D eigenvalue weighted by Crippen LogP contribution is 2.28. The zero-order chi connectivity index (χ0) is 15.5. The average Bonchev–Trinajstić information content (AvgIpc) is 2.94. The third-order valence-electron chi connectivity index (χ3n) is 3.40. The van der Waals surface area contributed by atoms with Gasteiger partial charge in [0.25, 0.3) is 5.91 Å². The number of aryl methyl sites for hydroxylation is 1. The number of hydrogen-bond acceptors (Lipinski definition) is 5. The molecule has 0 unspecified atom stereocenters. The van der Waals surface area contributed by atoms with Crippen LogP contribution in [-0.4, -0.2) is 23.0 Å². The largest absolute Gasteiger partial charge is 0.480 e. The van der Waals surface area contributed by atoms with E-state index in [-0.39, 0.29) is 5.91 Å². The quantitative estimate of drug-likeness (QED) is 0.922. The molecule has 5 nitrogen and oxygen atoms in total. The number of ether oxygens (including phenoxy) is 1. The lowest BCUT2D eigenvalue weighted by Gasteiger charge is -2.27. The first kappa shape index (κ1) is 15.4. The van der Waals surface area contributed by atoms with Gasteiger partial charge in [-0.3, -0.25) is 4.79 Å². The fourth-order valence-electron chi connectivity index (χ4n) is 1.94. The van der Waals surface area contributed by atoms with Gasteiger partial charge in [-0.2, -0.15) is 0 Å². The molecule has 2 aromatic heterocycles. The Labute approximate surface area is 128 Å². The Bertz CT molecular complexity index is 641. The standard InChI is InChI=1S/C15H19N3O2S/c1-5-15(3,14-17-10(2)9-21-14)18-12(19)11-7-6-8-16-13(11)20-4/h6-9H,5H2,1-4H3,(H,18,19)/t15-/m1/s1. The van der Waals surface area contributed by atoms with Gasteiger partial charge in [-0.1, -0.05) is 6.92 Å². The monoisotopic (exact) mass is 305 g/mol. The van der Waals surface area contributed by atoms with E-state index in [1.807, 2.05) is 26.2 Å². The third-order valence-corrected chi connectivity index (χ3v) is 4.62. The summed E-state index contributed by atoms with van der Waals surface area (Å²) in [5.74, 6) is 0.112. The summed E-state index contributed by atoms with van der Waals surface area (Å²) in [6.07, 6.45) is 2.34. The van der Waals surface area contributed by atoms with Crippen LogP contribution in [0, 0.1) is 6.92 Å². The molecule has 2 aromatic rings. The number of rotatable bonds is 5. The molecule has 0 spiro atoms. The molecule has 0 aromatic carbocycles. The zero-order valence-electron chi connectivity index (χ0n) is 12.6. The molecule has 0 bridgehead atoms. The van der Waals surface area contributed by atoms with Crippen molar-refractivity contribution in [2.75, 3.05) is 7.11 Å². The number of amides is 1. The van der Waals surface area contributed by atoms with Gasteiger partial charge in [-0.05, 0) is 32.4 Å². The molecule has 21 heavy (non-hydrogen) atoms. The first-order chi connectivity index (χ1) is 10.00. The minimum absolute atomic E-state index is 0.211. The second-order valence-corrected chi connectivity index (χ2v) is 5.85. The summed E-state index contributed by atoms with van der Waals surface area (Å²) >= 11 is 1.56. The molecule has 0 aliphatic heterocycles. The van der Waals surface area contributed by atoms with Gasteiger partial charge in [0.05, 0.1) is 12.6 Å². The second-order valence-electron chi connectivity index (χ2n) is 4.99. The number of carbonyl (C=O) groups is 1. The summed E-state index contributed by atoms with van der Waals surface area (Å²) in [6, 6.07) is 3.42. The maximum atomic E-state index is 12.5. The maximum absolute atomic E-state index is 12.5. The van der Waals surface area contributed by atoms with Crippen molar-refractivity contribution in [3.8, 4) is 5.88 Å². The SMILES string of the molecule is CC[C@@](C)(NC(=O)c1cccnc1OC)c1nc(C)cs1. The molecule has 2 heterocycles. The molecule has 0 saturated heterocycles. The summed E-state index contributed by atoms with van der Waals surface area (Å²) in [5.41, 5.74) is 0.882. The van der Waals surface area contributed by atoms with Crippen LogP contribution in [0.4, 0.5) is 0 Å². The van der Waals surface area contributed by atoms with Crippen LogP contribution in [-0.2, 0) is 5.54 Å². The molecule has 1 N–H and O–H groups in total. The molecule has 0 saturated carbocycles. The van der Waals surface area contributed by atoms with E-state index in [2.05, 4.69) is 15.3 Å².